The number of hydrogen-bond donors (Lipinski definition) is 1. The number of nitrogens with two attached hydrogens (primary N) is 1. The molecule has 0 aromatic carbocycles. The first-order valence-electron chi connectivity index (χ1n) is 6.46. The molecule has 1 amide bonds. The molecule has 2 N–H and O–H groups in total. The van der Waals surface area contributed by atoms with Gasteiger partial charge in [0.2, 0.25) is 5.91 Å². The van der Waals surface area contributed by atoms with Crippen LogP contribution in [0.2, 0.25) is 0 Å². The van der Waals surface area contributed by atoms with Gasteiger partial charge in [-0.15, -0.1) is 0 Å². The molecule has 0 radical (unpaired) electrons. The first-order chi connectivity index (χ1) is 7.66. The number of ketones is 1. The Kier molecular flexibility index (Phi) is 10.1. The molecule has 0 saturated carbocycles. The molecule has 0 unspecified atom stereocenters. The van der Waals surface area contributed by atoms with Crippen molar-refractivity contribution in [2.24, 2.45) is 5.73 Å². The average molecular weight is 227 g/mol. The zero-order valence-electron chi connectivity index (χ0n) is 10.5. The van der Waals surface area contributed by atoms with E-state index in [0.717, 1.165) is 32.1 Å². The van der Waals surface area contributed by atoms with Crippen LogP contribution < -0.4 is 5.73 Å². The maximum Gasteiger partial charge on any atom is 0.217 e. The van der Waals surface area contributed by atoms with Crippen molar-refractivity contribution < 1.29 is 9.59 Å². The van der Waals surface area contributed by atoms with Crippen LogP contribution in [0, 0.1) is 0 Å². The topological polar surface area (TPSA) is 60.2 Å². The smallest absolute Gasteiger partial charge is 0.217 e. The van der Waals surface area contributed by atoms with E-state index >= 15 is 0 Å². The molecule has 0 aliphatic rings. The van der Waals surface area contributed by atoms with Gasteiger partial charge in [-0.05, 0) is 19.3 Å². The van der Waals surface area contributed by atoms with Crippen molar-refractivity contribution in [1.82, 2.24) is 0 Å². The van der Waals surface area contributed by atoms with Crippen molar-refractivity contribution in [1.29, 1.82) is 0 Å². The lowest BCUT2D eigenvalue weighted by molar-refractivity contribution is -0.119. The van der Waals surface area contributed by atoms with Crippen molar-refractivity contribution in [2.45, 2.75) is 71.1 Å². The highest BCUT2D eigenvalue weighted by Crippen LogP contribution is 2.08. The second-order valence-electron chi connectivity index (χ2n) is 4.38. The lowest BCUT2D eigenvalue weighted by Crippen LogP contribution is -2.09. The van der Waals surface area contributed by atoms with E-state index in [-0.39, 0.29) is 5.91 Å². The van der Waals surface area contributed by atoms with Gasteiger partial charge in [-0.2, -0.15) is 0 Å². The summed E-state index contributed by atoms with van der Waals surface area (Å²) in [5.41, 5.74) is 5.02. The largest absolute Gasteiger partial charge is 0.370 e. The summed E-state index contributed by atoms with van der Waals surface area (Å²) in [5, 5.41) is 0. The molecule has 0 aromatic heterocycles. The quantitative estimate of drug-likeness (QED) is 0.552. The highest BCUT2D eigenvalue weighted by molar-refractivity contribution is 5.78. The fourth-order valence-corrected chi connectivity index (χ4v) is 1.67. The van der Waals surface area contributed by atoms with E-state index in [9.17, 15) is 9.59 Å². The zero-order chi connectivity index (χ0) is 12.2. The molecule has 3 heteroatoms. The Morgan fingerprint density at radius 2 is 1.31 bits per heavy atom. The number of amides is 1. The van der Waals surface area contributed by atoms with Crippen LogP contribution in [-0.2, 0) is 9.59 Å². The summed E-state index contributed by atoms with van der Waals surface area (Å²) in [6.07, 6.45) is 9.15. The van der Waals surface area contributed by atoms with Crippen LogP contribution >= 0.6 is 0 Å². The predicted molar refractivity (Wildman–Crippen MR) is 66.0 cm³/mol. The van der Waals surface area contributed by atoms with Gasteiger partial charge in [0, 0.05) is 19.3 Å². The third-order valence-corrected chi connectivity index (χ3v) is 2.69. The molecule has 0 aromatic rings. The maximum atomic E-state index is 11.4. The van der Waals surface area contributed by atoms with Crippen LogP contribution in [-0.4, -0.2) is 11.7 Å². The van der Waals surface area contributed by atoms with Gasteiger partial charge in [-0.3, -0.25) is 9.59 Å². The summed E-state index contributed by atoms with van der Waals surface area (Å²) in [6, 6.07) is 0. The standard InChI is InChI=1S/C13H25NO2/c1-2-3-4-6-9-12(15)10-7-5-8-11-13(14)16/h2-11H2,1H3,(H2,14,16). The van der Waals surface area contributed by atoms with Gasteiger partial charge in [-0.1, -0.05) is 32.6 Å². The summed E-state index contributed by atoms with van der Waals surface area (Å²) < 4.78 is 0. The summed E-state index contributed by atoms with van der Waals surface area (Å²) in [4.78, 5) is 21.9. The Labute approximate surface area is 98.8 Å². The molecule has 16 heavy (non-hydrogen) atoms. The SMILES string of the molecule is CCCCCCC(=O)CCCCCC(N)=O. The predicted octanol–water partition coefficient (Wildman–Crippen LogP) is 2.96. The highest BCUT2D eigenvalue weighted by Gasteiger charge is 2.02. The van der Waals surface area contributed by atoms with E-state index in [4.69, 9.17) is 5.73 Å². The first kappa shape index (κ1) is 15.1. The molecular weight excluding hydrogens is 202 g/mol. The minimum Gasteiger partial charge on any atom is -0.370 e. The van der Waals surface area contributed by atoms with Crippen LogP contribution in [0.4, 0.5) is 0 Å². The lowest BCUT2D eigenvalue weighted by atomic mass is 10.0. The lowest BCUT2D eigenvalue weighted by Gasteiger charge is -2.01. The summed E-state index contributed by atoms with van der Waals surface area (Å²) in [6.45, 7) is 2.17. The molecule has 0 aliphatic heterocycles. The number of primary amides is 1. The normalized spacial score (nSPS) is 10.3. The maximum absolute atomic E-state index is 11.4. The van der Waals surface area contributed by atoms with E-state index in [1.165, 1.54) is 19.3 Å². The van der Waals surface area contributed by atoms with Gasteiger partial charge in [0.05, 0.1) is 0 Å². The Morgan fingerprint density at radius 3 is 1.81 bits per heavy atom. The van der Waals surface area contributed by atoms with Crippen molar-refractivity contribution in [3.05, 3.63) is 0 Å². The van der Waals surface area contributed by atoms with E-state index < -0.39 is 0 Å². The second-order valence-corrected chi connectivity index (χ2v) is 4.38. The van der Waals surface area contributed by atoms with Crippen molar-refractivity contribution in [3.8, 4) is 0 Å². The molecule has 0 aliphatic carbocycles. The summed E-state index contributed by atoms with van der Waals surface area (Å²) in [5.74, 6) is 0.126. The fraction of sp³-hybridized carbons (Fsp3) is 0.846. The summed E-state index contributed by atoms with van der Waals surface area (Å²) >= 11 is 0. The monoisotopic (exact) mass is 227 g/mol. The molecule has 0 saturated heterocycles. The molecular formula is C13H25NO2. The van der Waals surface area contributed by atoms with Gasteiger partial charge < -0.3 is 5.73 Å². The molecule has 0 rings (SSSR count). The third-order valence-electron chi connectivity index (χ3n) is 2.69. The Hall–Kier alpha value is -0.860. The molecule has 0 fully saturated rings. The van der Waals surface area contributed by atoms with Crippen molar-refractivity contribution in [2.75, 3.05) is 0 Å². The number of rotatable bonds is 11. The Morgan fingerprint density at radius 1 is 0.812 bits per heavy atom. The van der Waals surface area contributed by atoms with E-state index in [2.05, 4.69) is 6.92 Å². The number of hydrogen-bond acceptors (Lipinski definition) is 2. The summed E-state index contributed by atoms with van der Waals surface area (Å²) in [7, 11) is 0. The molecule has 0 bridgehead atoms. The number of Topliss-reactive ketones (excluding diaryl/α,β-unsaturated/α-hetero) is 1. The highest BCUT2D eigenvalue weighted by atomic mass is 16.1. The van der Waals surface area contributed by atoms with Crippen LogP contribution in [0.3, 0.4) is 0 Å². The van der Waals surface area contributed by atoms with Crippen molar-refractivity contribution in [3.63, 3.8) is 0 Å². The van der Waals surface area contributed by atoms with Crippen LogP contribution in [0.5, 0.6) is 0 Å². The van der Waals surface area contributed by atoms with Gasteiger partial charge in [0.25, 0.3) is 0 Å². The van der Waals surface area contributed by atoms with Gasteiger partial charge in [0.1, 0.15) is 5.78 Å². The number of carbonyl (C=O) groups is 2. The van der Waals surface area contributed by atoms with Gasteiger partial charge in [-0.25, -0.2) is 0 Å². The number of unbranched alkanes of at least 4 members (excludes halogenated alkanes) is 5. The van der Waals surface area contributed by atoms with Crippen LogP contribution in [0.1, 0.15) is 71.1 Å². The minimum atomic E-state index is -0.245. The fourth-order valence-electron chi connectivity index (χ4n) is 1.67. The van der Waals surface area contributed by atoms with Gasteiger partial charge in [0.15, 0.2) is 0 Å². The van der Waals surface area contributed by atoms with Crippen LogP contribution in [0.15, 0.2) is 0 Å². The number of carbonyl (C=O) groups excluding carboxylic acids is 2. The van der Waals surface area contributed by atoms with E-state index in [0.29, 0.717) is 18.6 Å². The van der Waals surface area contributed by atoms with Crippen LogP contribution in [0.25, 0.3) is 0 Å². The molecule has 94 valence electrons. The molecule has 0 atom stereocenters. The Bertz CT molecular complexity index is 202. The Balaban J connectivity index is 3.20. The molecule has 0 spiro atoms. The van der Waals surface area contributed by atoms with E-state index in [1.54, 1.807) is 0 Å². The minimum absolute atomic E-state index is 0.245. The molecule has 0 heterocycles. The molecule has 3 nitrogen and oxygen atoms in total. The van der Waals surface area contributed by atoms with Gasteiger partial charge >= 0.3 is 0 Å². The van der Waals surface area contributed by atoms with E-state index in [1.807, 2.05) is 0 Å². The first-order valence-corrected chi connectivity index (χ1v) is 6.46. The zero-order valence-corrected chi connectivity index (χ0v) is 10.5. The third kappa shape index (κ3) is 11.2. The average Bonchev–Trinajstić information content (AvgIpc) is 2.23. The second kappa shape index (κ2) is 10.7. The van der Waals surface area contributed by atoms with Crippen molar-refractivity contribution >= 4 is 11.7 Å².